The standard InChI is InChI=1S/C9H11NO2/c1-6-3-4-7(9(11)12)8(5-6)10-2/h3-5,10H,1-2H3,(H,11,12). The van der Waals surface area contributed by atoms with Crippen LogP contribution in [-0.4, -0.2) is 18.1 Å². The lowest BCUT2D eigenvalue weighted by Crippen LogP contribution is -2.02. The lowest BCUT2D eigenvalue weighted by Gasteiger charge is -2.05. The van der Waals surface area contributed by atoms with Gasteiger partial charge in [-0.15, -0.1) is 0 Å². The van der Waals surface area contributed by atoms with Crippen LogP contribution in [0.15, 0.2) is 18.2 Å². The largest absolute Gasteiger partial charge is 0.478 e. The molecule has 2 N–H and O–H groups in total. The Hall–Kier alpha value is -1.51. The molecule has 0 saturated carbocycles. The van der Waals surface area contributed by atoms with Crippen LogP contribution in [0, 0.1) is 6.92 Å². The van der Waals surface area contributed by atoms with Crippen molar-refractivity contribution < 1.29 is 9.90 Å². The van der Waals surface area contributed by atoms with Gasteiger partial charge in [-0.25, -0.2) is 4.79 Å². The summed E-state index contributed by atoms with van der Waals surface area (Å²) < 4.78 is 0. The first-order valence-corrected chi connectivity index (χ1v) is 3.67. The van der Waals surface area contributed by atoms with E-state index in [-0.39, 0.29) is 0 Å². The van der Waals surface area contributed by atoms with Crippen LogP contribution in [0.25, 0.3) is 0 Å². The zero-order valence-corrected chi connectivity index (χ0v) is 7.09. The molecule has 0 fully saturated rings. The van der Waals surface area contributed by atoms with Gasteiger partial charge in [0.15, 0.2) is 0 Å². The van der Waals surface area contributed by atoms with Crippen LogP contribution in [0.4, 0.5) is 5.69 Å². The zero-order chi connectivity index (χ0) is 9.14. The van der Waals surface area contributed by atoms with E-state index in [0.717, 1.165) is 5.56 Å². The number of carbonyl (C=O) groups is 1. The molecule has 3 nitrogen and oxygen atoms in total. The molecule has 3 heteroatoms. The van der Waals surface area contributed by atoms with Gasteiger partial charge in [0.2, 0.25) is 0 Å². The summed E-state index contributed by atoms with van der Waals surface area (Å²) >= 11 is 0. The highest BCUT2D eigenvalue weighted by molar-refractivity contribution is 5.94. The summed E-state index contributed by atoms with van der Waals surface area (Å²) in [6.45, 7) is 1.92. The second-order valence-corrected chi connectivity index (χ2v) is 2.60. The quantitative estimate of drug-likeness (QED) is 0.701. The summed E-state index contributed by atoms with van der Waals surface area (Å²) in [5.74, 6) is -0.903. The molecule has 0 aliphatic carbocycles. The van der Waals surface area contributed by atoms with Crippen molar-refractivity contribution in [1.82, 2.24) is 0 Å². The van der Waals surface area contributed by atoms with Crippen LogP contribution in [0.2, 0.25) is 0 Å². The van der Waals surface area contributed by atoms with E-state index in [9.17, 15) is 4.79 Å². The summed E-state index contributed by atoms with van der Waals surface area (Å²) in [4.78, 5) is 10.7. The molecule has 0 atom stereocenters. The van der Waals surface area contributed by atoms with Gasteiger partial charge in [0.25, 0.3) is 0 Å². The highest BCUT2D eigenvalue weighted by atomic mass is 16.4. The van der Waals surface area contributed by atoms with Crippen molar-refractivity contribution in [3.63, 3.8) is 0 Å². The minimum absolute atomic E-state index is 0.308. The minimum Gasteiger partial charge on any atom is -0.478 e. The van der Waals surface area contributed by atoms with Gasteiger partial charge in [-0.2, -0.15) is 0 Å². The molecule has 12 heavy (non-hydrogen) atoms. The molecule has 0 unspecified atom stereocenters. The minimum atomic E-state index is -0.903. The highest BCUT2D eigenvalue weighted by Gasteiger charge is 2.07. The molecule has 0 aromatic heterocycles. The number of carboxylic acid groups (broad SMARTS) is 1. The monoisotopic (exact) mass is 165 g/mol. The third kappa shape index (κ3) is 1.56. The van der Waals surface area contributed by atoms with Crippen LogP contribution >= 0.6 is 0 Å². The number of carboxylic acids is 1. The van der Waals surface area contributed by atoms with E-state index in [1.54, 1.807) is 19.2 Å². The number of rotatable bonds is 2. The molecule has 0 aliphatic rings. The van der Waals surface area contributed by atoms with Crippen LogP contribution in [0.3, 0.4) is 0 Å². The molecular weight excluding hydrogens is 154 g/mol. The Labute approximate surface area is 71.0 Å². The number of anilines is 1. The molecule has 0 heterocycles. The molecule has 0 spiro atoms. The molecule has 1 aromatic rings. The molecule has 1 rings (SSSR count). The topological polar surface area (TPSA) is 49.3 Å². The first kappa shape index (κ1) is 8.59. The Morgan fingerprint density at radius 2 is 2.17 bits per heavy atom. The lowest BCUT2D eigenvalue weighted by atomic mass is 10.1. The fraction of sp³-hybridized carbons (Fsp3) is 0.222. The van der Waals surface area contributed by atoms with Crippen molar-refractivity contribution in [2.24, 2.45) is 0 Å². The van der Waals surface area contributed by atoms with Crippen molar-refractivity contribution in [2.75, 3.05) is 12.4 Å². The van der Waals surface area contributed by atoms with Crippen LogP contribution in [0.1, 0.15) is 15.9 Å². The van der Waals surface area contributed by atoms with Gasteiger partial charge in [-0.3, -0.25) is 0 Å². The summed E-state index contributed by atoms with van der Waals surface area (Å²) in [5, 5.41) is 11.6. The fourth-order valence-electron chi connectivity index (χ4n) is 1.05. The van der Waals surface area contributed by atoms with Gasteiger partial charge in [0.1, 0.15) is 0 Å². The number of aromatic carboxylic acids is 1. The number of hydrogen-bond acceptors (Lipinski definition) is 2. The first-order chi connectivity index (χ1) is 5.65. The van der Waals surface area contributed by atoms with E-state index < -0.39 is 5.97 Å². The molecule has 0 saturated heterocycles. The second-order valence-electron chi connectivity index (χ2n) is 2.60. The maximum Gasteiger partial charge on any atom is 0.337 e. The molecule has 1 aromatic carbocycles. The smallest absolute Gasteiger partial charge is 0.337 e. The molecule has 0 amide bonds. The van der Waals surface area contributed by atoms with E-state index in [4.69, 9.17) is 5.11 Å². The van der Waals surface area contributed by atoms with E-state index in [1.807, 2.05) is 13.0 Å². The first-order valence-electron chi connectivity index (χ1n) is 3.67. The van der Waals surface area contributed by atoms with Gasteiger partial charge < -0.3 is 10.4 Å². The number of nitrogens with one attached hydrogen (secondary N) is 1. The summed E-state index contributed by atoms with van der Waals surface area (Å²) in [6.07, 6.45) is 0. The Morgan fingerprint density at radius 3 is 2.67 bits per heavy atom. The maximum atomic E-state index is 10.7. The van der Waals surface area contributed by atoms with Crippen LogP contribution < -0.4 is 5.32 Å². The van der Waals surface area contributed by atoms with Crippen molar-refractivity contribution in [1.29, 1.82) is 0 Å². The molecule has 0 bridgehead atoms. The Kier molecular flexibility index (Phi) is 2.33. The third-order valence-corrected chi connectivity index (χ3v) is 1.67. The summed E-state index contributed by atoms with van der Waals surface area (Å²) in [6, 6.07) is 5.19. The van der Waals surface area contributed by atoms with Crippen molar-refractivity contribution in [3.05, 3.63) is 29.3 Å². The maximum absolute atomic E-state index is 10.7. The predicted octanol–water partition coefficient (Wildman–Crippen LogP) is 1.73. The average molecular weight is 165 g/mol. The third-order valence-electron chi connectivity index (χ3n) is 1.67. The van der Waals surface area contributed by atoms with Crippen molar-refractivity contribution in [2.45, 2.75) is 6.92 Å². The van der Waals surface area contributed by atoms with Crippen molar-refractivity contribution >= 4 is 11.7 Å². The van der Waals surface area contributed by atoms with Gasteiger partial charge in [-0.1, -0.05) is 6.07 Å². The number of benzene rings is 1. The summed E-state index contributed by atoms with van der Waals surface area (Å²) in [7, 11) is 1.71. The van der Waals surface area contributed by atoms with E-state index >= 15 is 0 Å². The fourth-order valence-corrected chi connectivity index (χ4v) is 1.05. The predicted molar refractivity (Wildman–Crippen MR) is 47.7 cm³/mol. The van der Waals surface area contributed by atoms with E-state index in [2.05, 4.69) is 5.32 Å². The van der Waals surface area contributed by atoms with Gasteiger partial charge in [0.05, 0.1) is 5.56 Å². The molecule has 0 radical (unpaired) electrons. The van der Waals surface area contributed by atoms with Gasteiger partial charge >= 0.3 is 5.97 Å². The Bertz CT molecular complexity index is 307. The summed E-state index contributed by atoms with van der Waals surface area (Å²) in [5.41, 5.74) is 2.01. The van der Waals surface area contributed by atoms with Gasteiger partial charge in [-0.05, 0) is 24.6 Å². The van der Waals surface area contributed by atoms with Crippen LogP contribution in [-0.2, 0) is 0 Å². The van der Waals surface area contributed by atoms with Gasteiger partial charge in [0, 0.05) is 12.7 Å². The number of aryl methyl sites for hydroxylation is 1. The zero-order valence-electron chi connectivity index (χ0n) is 7.09. The van der Waals surface area contributed by atoms with E-state index in [1.165, 1.54) is 0 Å². The average Bonchev–Trinajstić information content (AvgIpc) is 2.03. The number of hydrogen-bond donors (Lipinski definition) is 2. The molecular formula is C9H11NO2. The molecule has 64 valence electrons. The Balaban J connectivity index is 3.20. The Morgan fingerprint density at radius 1 is 1.50 bits per heavy atom. The van der Waals surface area contributed by atoms with Crippen LogP contribution in [0.5, 0.6) is 0 Å². The lowest BCUT2D eigenvalue weighted by molar-refractivity contribution is 0.0698. The SMILES string of the molecule is CNc1cc(C)ccc1C(=O)O. The highest BCUT2D eigenvalue weighted by Crippen LogP contribution is 2.16. The molecule has 0 aliphatic heterocycles. The normalized spacial score (nSPS) is 9.50. The van der Waals surface area contributed by atoms with E-state index in [0.29, 0.717) is 11.3 Å². The second kappa shape index (κ2) is 3.26. The van der Waals surface area contributed by atoms with Crippen molar-refractivity contribution in [3.8, 4) is 0 Å².